The van der Waals surface area contributed by atoms with Crippen LogP contribution in [0.4, 0.5) is 0 Å². The highest BCUT2D eigenvalue weighted by molar-refractivity contribution is 8.14. The molecule has 16 heavy (non-hydrogen) atoms. The Hall–Kier alpha value is -0.800. The fraction of sp³-hybridized carbons (Fsp3) is 0.462. The van der Waals surface area contributed by atoms with Crippen LogP contribution in [0.15, 0.2) is 30.3 Å². The molecule has 1 aromatic rings. The number of carbonyl (C=O) groups is 1. The molecule has 1 N–H and O–H groups in total. The fourth-order valence-electron chi connectivity index (χ4n) is 1.95. The largest absolute Gasteiger partial charge is 0.314 e. The number of carbonyl (C=O) groups excluding carboxylic acids is 1. The van der Waals surface area contributed by atoms with E-state index >= 15 is 0 Å². The van der Waals surface area contributed by atoms with Gasteiger partial charge >= 0.3 is 0 Å². The summed E-state index contributed by atoms with van der Waals surface area (Å²) >= 11 is 1.44. The second-order valence-electron chi connectivity index (χ2n) is 4.08. The summed E-state index contributed by atoms with van der Waals surface area (Å²) in [5, 5.41) is 3.64. The summed E-state index contributed by atoms with van der Waals surface area (Å²) in [5.41, 5.74) is 0.812. The van der Waals surface area contributed by atoms with E-state index < -0.39 is 0 Å². The third kappa shape index (κ3) is 3.35. The summed E-state index contributed by atoms with van der Waals surface area (Å²) < 4.78 is 0. The predicted octanol–water partition coefficient (Wildman–Crippen LogP) is 2.70. The Bertz CT molecular complexity index is 333. The van der Waals surface area contributed by atoms with Gasteiger partial charge in [0.15, 0.2) is 0 Å². The predicted molar refractivity (Wildman–Crippen MR) is 68.9 cm³/mol. The van der Waals surface area contributed by atoms with E-state index in [-0.39, 0.29) is 5.12 Å². The van der Waals surface area contributed by atoms with E-state index in [0.717, 1.165) is 24.3 Å². The molecule has 1 fully saturated rings. The molecule has 1 aromatic carbocycles. The molecular weight excluding hydrogens is 218 g/mol. The molecule has 0 unspecified atom stereocenters. The Morgan fingerprint density at radius 3 is 2.88 bits per heavy atom. The van der Waals surface area contributed by atoms with Gasteiger partial charge in [0.2, 0.25) is 5.12 Å². The van der Waals surface area contributed by atoms with E-state index in [1.54, 1.807) is 0 Å². The van der Waals surface area contributed by atoms with E-state index in [0.29, 0.717) is 6.04 Å². The Morgan fingerprint density at radius 2 is 2.19 bits per heavy atom. The lowest BCUT2D eigenvalue weighted by Crippen LogP contribution is -2.21. The highest BCUT2D eigenvalue weighted by Gasteiger charge is 2.14. The number of rotatable bonds is 4. The number of hydrogen-bond acceptors (Lipinski definition) is 3. The molecule has 0 spiro atoms. The SMILES string of the molecule is O=C(SCC[C@@H]1CCCN1)c1ccccc1. The van der Waals surface area contributed by atoms with Gasteiger partial charge in [0.1, 0.15) is 0 Å². The zero-order valence-corrected chi connectivity index (χ0v) is 10.1. The van der Waals surface area contributed by atoms with Crippen LogP contribution in [0.5, 0.6) is 0 Å². The Kier molecular flexibility index (Phi) is 4.43. The number of hydrogen-bond donors (Lipinski definition) is 1. The molecule has 2 rings (SSSR count). The molecule has 3 heteroatoms. The van der Waals surface area contributed by atoms with Gasteiger partial charge in [-0.3, -0.25) is 4.79 Å². The van der Waals surface area contributed by atoms with Gasteiger partial charge in [-0.2, -0.15) is 0 Å². The minimum absolute atomic E-state index is 0.193. The van der Waals surface area contributed by atoms with Gasteiger partial charge in [0.05, 0.1) is 0 Å². The van der Waals surface area contributed by atoms with Crippen LogP contribution in [0.3, 0.4) is 0 Å². The lowest BCUT2D eigenvalue weighted by atomic mass is 10.2. The zero-order valence-electron chi connectivity index (χ0n) is 9.32. The van der Waals surface area contributed by atoms with Crippen molar-refractivity contribution in [3.05, 3.63) is 35.9 Å². The summed E-state index contributed by atoms with van der Waals surface area (Å²) in [7, 11) is 0. The molecule has 86 valence electrons. The molecular formula is C13H17NOS. The van der Waals surface area contributed by atoms with Gasteiger partial charge in [-0.25, -0.2) is 0 Å². The Morgan fingerprint density at radius 1 is 1.38 bits per heavy atom. The molecule has 1 saturated heterocycles. The van der Waals surface area contributed by atoms with Crippen LogP contribution in [-0.2, 0) is 0 Å². The average molecular weight is 235 g/mol. The highest BCUT2D eigenvalue weighted by Crippen LogP contribution is 2.16. The van der Waals surface area contributed by atoms with Crippen LogP contribution < -0.4 is 5.32 Å². The van der Waals surface area contributed by atoms with Crippen LogP contribution in [-0.4, -0.2) is 23.5 Å². The van der Waals surface area contributed by atoms with E-state index in [1.165, 1.54) is 24.6 Å². The lowest BCUT2D eigenvalue weighted by Gasteiger charge is -2.08. The van der Waals surface area contributed by atoms with Crippen molar-refractivity contribution in [2.75, 3.05) is 12.3 Å². The first kappa shape index (κ1) is 11.7. The van der Waals surface area contributed by atoms with E-state index in [1.807, 2.05) is 30.3 Å². The van der Waals surface area contributed by atoms with Gasteiger partial charge in [-0.1, -0.05) is 42.1 Å². The van der Waals surface area contributed by atoms with Crippen LogP contribution in [0.2, 0.25) is 0 Å². The van der Waals surface area contributed by atoms with Crippen LogP contribution in [0.1, 0.15) is 29.6 Å². The van der Waals surface area contributed by atoms with Gasteiger partial charge in [-0.05, 0) is 25.8 Å². The maximum atomic E-state index is 11.8. The second kappa shape index (κ2) is 6.06. The van der Waals surface area contributed by atoms with Gasteiger partial charge < -0.3 is 5.32 Å². The van der Waals surface area contributed by atoms with Crippen LogP contribution in [0, 0.1) is 0 Å². The van der Waals surface area contributed by atoms with E-state index in [2.05, 4.69) is 5.32 Å². The maximum absolute atomic E-state index is 11.8. The average Bonchev–Trinajstić information content (AvgIpc) is 2.83. The number of benzene rings is 1. The van der Waals surface area contributed by atoms with Crippen molar-refractivity contribution in [1.82, 2.24) is 5.32 Å². The number of nitrogens with one attached hydrogen (secondary N) is 1. The first-order chi connectivity index (χ1) is 7.86. The Labute approximate surface area is 101 Å². The molecule has 2 nitrogen and oxygen atoms in total. The van der Waals surface area contributed by atoms with Crippen molar-refractivity contribution in [1.29, 1.82) is 0 Å². The quantitative estimate of drug-likeness (QED) is 0.870. The topological polar surface area (TPSA) is 29.1 Å². The van der Waals surface area contributed by atoms with Crippen molar-refractivity contribution in [3.8, 4) is 0 Å². The summed E-state index contributed by atoms with van der Waals surface area (Å²) in [5.74, 6) is 0.922. The van der Waals surface area contributed by atoms with E-state index in [9.17, 15) is 4.79 Å². The van der Waals surface area contributed by atoms with Gasteiger partial charge in [-0.15, -0.1) is 0 Å². The molecule has 1 heterocycles. The van der Waals surface area contributed by atoms with Gasteiger partial charge in [0, 0.05) is 17.4 Å². The first-order valence-electron chi connectivity index (χ1n) is 5.82. The normalized spacial score (nSPS) is 19.9. The van der Waals surface area contributed by atoms with Gasteiger partial charge in [0.25, 0.3) is 0 Å². The zero-order chi connectivity index (χ0) is 11.2. The van der Waals surface area contributed by atoms with Crippen molar-refractivity contribution in [2.24, 2.45) is 0 Å². The smallest absolute Gasteiger partial charge is 0.219 e. The molecule has 0 aromatic heterocycles. The number of thioether (sulfide) groups is 1. The summed E-state index contributed by atoms with van der Waals surface area (Å²) in [6, 6.07) is 10.1. The third-order valence-electron chi connectivity index (χ3n) is 2.87. The second-order valence-corrected chi connectivity index (χ2v) is 5.15. The molecule has 0 aliphatic carbocycles. The summed E-state index contributed by atoms with van der Waals surface area (Å²) in [6.45, 7) is 1.14. The maximum Gasteiger partial charge on any atom is 0.219 e. The molecule has 1 atom stereocenters. The van der Waals surface area contributed by atoms with Crippen molar-refractivity contribution in [2.45, 2.75) is 25.3 Å². The minimum Gasteiger partial charge on any atom is -0.314 e. The fourth-order valence-corrected chi connectivity index (χ4v) is 2.85. The molecule has 0 saturated carbocycles. The van der Waals surface area contributed by atoms with Crippen molar-refractivity contribution < 1.29 is 4.79 Å². The molecule has 0 radical (unpaired) electrons. The van der Waals surface area contributed by atoms with E-state index in [4.69, 9.17) is 0 Å². The first-order valence-corrected chi connectivity index (χ1v) is 6.80. The minimum atomic E-state index is 0.193. The van der Waals surface area contributed by atoms with Crippen molar-refractivity contribution in [3.63, 3.8) is 0 Å². The molecule has 0 amide bonds. The van der Waals surface area contributed by atoms with Crippen molar-refractivity contribution >= 4 is 16.9 Å². The third-order valence-corrected chi connectivity index (χ3v) is 3.81. The summed E-state index contributed by atoms with van der Waals surface area (Å²) in [4.78, 5) is 11.8. The Balaban J connectivity index is 1.71. The standard InChI is InChI=1S/C13H17NOS/c15-13(11-5-2-1-3-6-11)16-10-8-12-7-4-9-14-12/h1-3,5-6,12,14H,4,7-10H2/t12-/m0/s1. The monoisotopic (exact) mass is 235 g/mol. The highest BCUT2D eigenvalue weighted by atomic mass is 32.2. The summed E-state index contributed by atoms with van der Waals surface area (Å²) in [6.07, 6.45) is 3.64. The van der Waals surface area contributed by atoms with Crippen LogP contribution in [0.25, 0.3) is 0 Å². The lowest BCUT2D eigenvalue weighted by molar-refractivity contribution is 0.108. The molecule has 1 aliphatic heterocycles. The molecule has 1 aliphatic rings. The molecule has 0 bridgehead atoms. The van der Waals surface area contributed by atoms with Crippen LogP contribution >= 0.6 is 11.8 Å².